The second-order valence-electron chi connectivity index (χ2n) is 5.86. The molecule has 6 heteroatoms. The van der Waals surface area contributed by atoms with Crippen LogP contribution in [0.5, 0.6) is 0 Å². The number of amides is 1. The number of piperidine rings is 1. The van der Waals surface area contributed by atoms with Crippen molar-refractivity contribution in [3.05, 3.63) is 0 Å². The van der Waals surface area contributed by atoms with Crippen LogP contribution in [0.15, 0.2) is 0 Å². The first kappa shape index (κ1) is 17.3. The summed E-state index contributed by atoms with van der Waals surface area (Å²) in [5.74, 6) is 0.263. The molecule has 20 heavy (non-hydrogen) atoms. The lowest BCUT2D eigenvalue weighted by atomic mass is 9.89. The predicted octanol–water partition coefficient (Wildman–Crippen LogP) is 1.49. The Labute approximate surface area is 119 Å². The lowest BCUT2D eigenvalue weighted by molar-refractivity contribution is -0.137. The molecule has 1 fully saturated rings. The first-order chi connectivity index (χ1) is 9.43. The zero-order valence-electron chi connectivity index (χ0n) is 12.3. The van der Waals surface area contributed by atoms with Crippen LogP contribution in [-0.2, 0) is 4.79 Å². The van der Waals surface area contributed by atoms with E-state index >= 15 is 0 Å². The van der Waals surface area contributed by atoms with E-state index in [4.69, 9.17) is 5.11 Å². The lowest BCUT2D eigenvalue weighted by Crippen LogP contribution is -2.53. The van der Waals surface area contributed by atoms with E-state index < -0.39 is 6.43 Å². The van der Waals surface area contributed by atoms with Gasteiger partial charge in [0.1, 0.15) is 0 Å². The van der Waals surface area contributed by atoms with Crippen molar-refractivity contribution in [1.29, 1.82) is 0 Å². The summed E-state index contributed by atoms with van der Waals surface area (Å²) < 4.78 is 24.6. The number of hydrogen-bond acceptors (Lipinski definition) is 3. The van der Waals surface area contributed by atoms with E-state index in [1.165, 1.54) is 0 Å². The Kier molecular flexibility index (Phi) is 7.37. The smallest absolute Gasteiger partial charge is 0.250 e. The highest BCUT2D eigenvalue weighted by atomic mass is 19.3. The Balaban J connectivity index is 2.59. The van der Waals surface area contributed by atoms with Crippen molar-refractivity contribution in [2.24, 2.45) is 11.8 Å². The van der Waals surface area contributed by atoms with Crippen molar-refractivity contribution < 1.29 is 18.7 Å². The number of carbonyl (C=O) groups is 1. The fourth-order valence-corrected chi connectivity index (χ4v) is 2.74. The summed E-state index contributed by atoms with van der Waals surface area (Å²) in [5, 5.41) is 11.8. The van der Waals surface area contributed by atoms with Crippen LogP contribution < -0.4 is 5.32 Å². The third kappa shape index (κ3) is 5.71. The Morgan fingerprint density at radius 2 is 2.10 bits per heavy atom. The number of carbonyl (C=O) groups excluding carboxylic acids is 1. The van der Waals surface area contributed by atoms with Crippen LogP contribution in [0.1, 0.15) is 33.1 Å². The maximum absolute atomic E-state index is 12.3. The van der Waals surface area contributed by atoms with E-state index in [9.17, 15) is 13.6 Å². The lowest BCUT2D eigenvalue weighted by Gasteiger charge is -2.39. The average molecular weight is 292 g/mol. The summed E-state index contributed by atoms with van der Waals surface area (Å²) >= 11 is 0. The first-order valence-corrected chi connectivity index (χ1v) is 7.35. The zero-order chi connectivity index (χ0) is 15.1. The molecule has 0 aliphatic carbocycles. The molecular weight excluding hydrogens is 266 g/mol. The molecule has 1 heterocycles. The van der Waals surface area contributed by atoms with E-state index in [1.54, 1.807) is 4.90 Å². The van der Waals surface area contributed by atoms with Gasteiger partial charge in [-0.15, -0.1) is 0 Å². The zero-order valence-corrected chi connectivity index (χ0v) is 12.3. The Morgan fingerprint density at radius 3 is 2.65 bits per heavy atom. The second-order valence-corrected chi connectivity index (χ2v) is 5.86. The second kappa shape index (κ2) is 8.52. The minimum absolute atomic E-state index is 0.0718. The van der Waals surface area contributed by atoms with Gasteiger partial charge in [-0.3, -0.25) is 4.79 Å². The van der Waals surface area contributed by atoms with Gasteiger partial charge in [0.25, 0.3) is 6.43 Å². The highest BCUT2D eigenvalue weighted by molar-refractivity contribution is 5.78. The predicted molar refractivity (Wildman–Crippen MR) is 73.6 cm³/mol. The van der Waals surface area contributed by atoms with Crippen molar-refractivity contribution in [3.8, 4) is 0 Å². The van der Waals surface area contributed by atoms with Crippen molar-refractivity contribution in [3.63, 3.8) is 0 Å². The van der Waals surface area contributed by atoms with Crippen LogP contribution in [0, 0.1) is 11.8 Å². The number of hydrogen-bond donors (Lipinski definition) is 2. The van der Waals surface area contributed by atoms with E-state index in [0.717, 1.165) is 12.8 Å². The molecule has 0 bridgehead atoms. The topological polar surface area (TPSA) is 52.6 Å². The van der Waals surface area contributed by atoms with Crippen molar-refractivity contribution in [2.75, 3.05) is 26.2 Å². The van der Waals surface area contributed by atoms with Gasteiger partial charge in [0, 0.05) is 31.7 Å². The molecule has 1 saturated heterocycles. The largest absolute Gasteiger partial charge is 0.396 e. The SMILES string of the molecule is CC(C)C(=O)N1CC(CCCO)CC(NCC(F)F)C1. The summed E-state index contributed by atoms with van der Waals surface area (Å²) in [5.41, 5.74) is 0. The van der Waals surface area contributed by atoms with Gasteiger partial charge in [-0.25, -0.2) is 8.78 Å². The average Bonchev–Trinajstić information content (AvgIpc) is 2.41. The van der Waals surface area contributed by atoms with Gasteiger partial charge in [0.15, 0.2) is 0 Å². The molecule has 0 aromatic carbocycles. The van der Waals surface area contributed by atoms with Gasteiger partial charge in [-0.2, -0.15) is 0 Å². The van der Waals surface area contributed by atoms with Gasteiger partial charge < -0.3 is 15.3 Å². The Bertz CT molecular complexity index is 301. The third-order valence-corrected chi connectivity index (χ3v) is 3.67. The number of alkyl halides is 2. The van der Waals surface area contributed by atoms with Gasteiger partial charge in [-0.05, 0) is 25.2 Å². The summed E-state index contributed by atoms with van der Waals surface area (Å²) in [6.07, 6.45) is -0.0717. The summed E-state index contributed by atoms with van der Waals surface area (Å²) in [6.45, 7) is 4.66. The number of aliphatic hydroxyl groups excluding tert-OH is 1. The molecule has 2 atom stereocenters. The quantitative estimate of drug-likeness (QED) is 0.747. The summed E-state index contributed by atoms with van der Waals surface area (Å²) in [7, 11) is 0. The number of nitrogens with one attached hydrogen (secondary N) is 1. The van der Waals surface area contributed by atoms with E-state index in [0.29, 0.717) is 19.5 Å². The molecule has 0 radical (unpaired) electrons. The fraction of sp³-hybridized carbons (Fsp3) is 0.929. The molecule has 1 amide bonds. The highest BCUT2D eigenvalue weighted by Gasteiger charge is 2.30. The minimum atomic E-state index is -2.37. The van der Waals surface area contributed by atoms with Crippen molar-refractivity contribution in [2.45, 2.75) is 45.6 Å². The molecule has 2 N–H and O–H groups in total. The van der Waals surface area contributed by atoms with Crippen LogP contribution in [-0.4, -0.2) is 54.6 Å². The maximum atomic E-state index is 12.3. The van der Waals surface area contributed by atoms with Gasteiger partial charge >= 0.3 is 0 Å². The molecule has 4 nitrogen and oxygen atoms in total. The van der Waals surface area contributed by atoms with Crippen molar-refractivity contribution >= 4 is 5.91 Å². The normalized spacial score (nSPS) is 23.6. The number of nitrogens with zero attached hydrogens (tertiary/aromatic N) is 1. The maximum Gasteiger partial charge on any atom is 0.250 e. The van der Waals surface area contributed by atoms with Crippen LogP contribution in [0.4, 0.5) is 8.78 Å². The molecule has 0 saturated carbocycles. The number of likely N-dealkylation sites (tertiary alicyclic amines) is 1. The third-order valence-electron chi connectivity index (χ3n) is 3.67. The molecule has 118 valence electrons. The standard InChI is InChI=1S/C14H26F2N2O2/c1-10(2)14(20)18-8-11(4-3-5-19)6-12(9-18)17-7-13(15)16/h10-13,17,19H,3-9H2,1-2H3. The first-order valence-electron chi connectivity index (χ1n) is 7.35. The number of halogens is 2. The Hall–Kier alpha value is -0.750. The van der Waals surface area contributed by atoms with Crippen LogP contribution in [0.25, 0.3) is 0 Å². The monoisotopic (exact) mass is 292 g/mol. The molecule has 0 aromatic heterocycles. The van der Waals surface area contributed by atoms with E-state index in [2.05, 4.69) is 5.32 Å². The minimum Gasteiger partial charge on any atom is -0.396 e. The summed E-state index contributed by atoms with van der Waals surface area (Å²) in [4.78, 5) is 13.9. The molecule has 2 unspecified atom stereocenters. The molecule has 0 aromatic rings. The molecular formula is C14H26F2N2O2. The Morgan fingerprint density at radius 1 is 1.40 bits per heavy atom. The van der Waals surface area contributed by atoms with Gasteiger partial charge in [-0.1, -0.05) is 13.8 Å². The molecule has 1 aliphatic rings. The van der Waals surface area contributed by atoms with E-state index in [1.807, 2.05) is 13.8 Å². The van der Waals surface area contributed by atoms with E-state index in [-0.39, 0.29) is 36.9 Å². The number of aliphatic hydroxyl groups is 1. The van der Waals surface area contributed by atoms with Crippen LogP contribution in [0.2, 0.25) is 0 Å². The molecule has 1 aliphatic heterocycles. The fourth-order valence-electron chi connectivity index (χ4n) is 2.74. The molecule has 1 rings (SSSR count). The van der Waals surface area contributed by atoms with Gasteiger partial charge in [0.2, 0.25) is 5.91 Å². The highest BCUT2D eigenvalue weighted by Crippen LogP contribution is 2.22. The molecule has 0 spiro atoms. The summed E-state index contributed by atoms with van der Waals surface area (Å²) in [6, 6.07) is -0.0795. The van der Waals surface area contributed by atoms with Crippen LogP contribution in [0.3, 0.4) is 0 Å². The number of rotatable bonds is 7. The van der Waals surface area contributed by atoms with Crippen LogP contribution >= 0.6 is 0 Å². The van der Waals surface area contributed by atoms with Crippen molar-refractivity contribution in [1.82, 2.24) is 10.2 Å². The van der Waals surface area contributed by atoms with Gasteiger partial charge in [0.05, 0.1) is 6.54 Å².